The first-order valence-electron chi connectivity index (χ1n) is 5.83. The lowest BCUT2D eigenvalue weighted by Gasteiger charge is -2.43. The lowest BCUT2D eigenvalue weighted by atomic mass is 9.57. The lowest BCUT2D eigenvalue weighted by Crippen LogP contribution is -2.57. The van der Waals surface area contributed by atoms with Crippen LogP contribution in [0.25, 0.3) is 0 Å². The van der Waals surface area contributed by atoms with Crippen molar-refractivity contribution < 1.29 is 37.8 Å². The summed E-state index contributed by atoms with van der Waals surface area (Å²) < 4.78 is 38.2. The van der Waals surface area contributed by atoms with Gasteiger partial charge in [-0.3, -0.25) is 14.4 Å². The highest BCUT2D eigenvalue weighted by atomic mass is 19.4. The SMILES string of the molecule is CC1(C(=O)O)CCC(C(=O)O)(C(=O)C(F)(F)F)C1(C)C. The van der Waals surface area contributed by atoms with E-state index in [1.807, 2.05) is 0 Å². The number of carbonyl (C=O) groups is 3. The molecular weight excluding hydrogens is 281 g/mol. The molecule has 0 aromatic rings. The minimum Gasteiger partial charge on any atom is -0.481 e. The summed E-state index contributed by atoms with van der Waals surface area (Å²) in [5, 5.41) is 18.5. The molecule has 1 aliphatic rings. The molecule has 114 valence electrons. The van der Waals surface area contributed by atoms with Crippen LogP contribution >= 0.6 is 0 Å². The molecule has 1 aliphatic carbocycles. The number of rotatable bonds is 3. The van der Waals surface area contributed by atoms with Crippen LogP contribution in [0.15, 0.2) is 0 Å². The molecule has 1 saturated carbocycles. The predicted molar refractivity (Wildman–Crippen MR) is 59.9 cm³/mol. The number of ketones is 1. The zero-order chi connectivity index (χ0) is 16.1. The summed E-state index contributed by atoms with van der Waals surface area (Å²) in [6.07, 6.45) is -6.31. The van der Waals surface area contributed by atoms with E-state index in [0.717, 1.165) is 13.8 Å². The van der Waals surface area contributed by atoms with Gasteiger partial charge < -0.3 is 10.2 Å². The van der Waals surface area contributed by atoms with Gasteiger partial charge in [0, 0.05) is 5.41 Å². The minimum absolute atomic E-state index is 0.316. The Morgan fingerprint density at radius 1 is 0.950 bits per heavy atom. The number of halogens is 3. The van der Waals surface area contributed by atoms with Crippen LogP contribution in [0, 0.1) is 16.2 Å². The van der Waals surface area contributed by atoms with Crippen molar-refractivity contribution in [1.82, 2.24) is 0 Å². The number of alkyl halides is 3. The summed E-state index contributed by atoms with van der Waals surface area (Å²) in [7, 11) is 0. The van der Waals surface area contributed by atoms with Crippen molar-refractivity contribution in [1.29, 1.82) is 0 Å². The molecular formula is C12H15F3O5. The van der Waals surface area contributed by atoms with Gasteiger partial charge in [0.15, 0.2) is 0 Å². The Morgan fingerprint density at radius 2 is 1.40 bits per heavy atom. The summed E-state index contributed by atoms with van der Waals surface area (Å²) in [5.41, 5.74) is -6.39. The molecule has 2 unspecified atom stereocenters. The third-order valence-electron chi connectivity index (χ3n) is 4.93. The topological polar surface area (TPSA) is 91.7 Å². The Morgan fingerprint density at radius 3 is 1.65 bits per heavy atom. The monoisotopic (exact) mass is 296 g/mol. The smallest absolute Gasteiger partial charge is 0.451 e. The average molecular weight is 296 g/mol. The second-order valence-electron chi connectivity index (χ2n) is 5.80. The van der Waals surface area contributed by atoms with E-state index in [0.29, 0.717) is 0 Å². The zero-order valence-electron chi connectivity index (χ0n) is 11.2. The second kappa shape index (κ2) is 4.20. The molecule has 0 aromatic carbocycles. The van der Waals surface area contributed by atoms with E-state index in [4.69, 9.17) is 0 Å². The van der Waals surface area contributed by atoms with Crippen LogP contribution in [0.4, 0.5) is 13.2 Å². The first kappa shape index (κ1) is 16.5. The van der Waals surface area contributed by atoms with E-state index in [1.165, 1.54) is 6.92 Å². The van der Waals surface area contributed by atoms with E-state index >= 15 is 0 Å². The first-order valence-corrected chi connectivity index (χ1v) is 5.83. The normalized spacial score (nSPS) is 32.9. The Bertz CT molecular complexity index is 482. The van der Waals surface area contributed by atoms with Gasteiger partial charge in [0.25, 0.3) is 5.78 Å². The van der Waals surface area contributed by atoms with Gasteiger partial charge in [-0.15, -0.1) is 0 Å². The van der Waals surface area contributed by atoms with Gasteiger partial charge in [0.05, 0.1) is 5.41 Å². The van der Waals surface area contributed by atoms with E-state index in [1.54, 1.807) is 0 Å². The molecule has 0 amide bonds. The highest BCUT2D eigenvalue weighted by Crippen LogP contribution is 2.64. The summed E-state index contributed by atoms with van der Waals surface area (Å²) in [6.45, 7) is 3.35. The van der Waals surface area contributed by atoms with Gasteiger partial charge in [0.1, 0.15) is 5.41 Å². The summed E-state index contributed by atoms with van der Waals surface area (Å²) in [6, 6.07) is 0. The van der Waals surface area contributed by atoms with Gasteiger partial charge in [-0.1, -0.05) is 13.8 Å². The summed E-state index contributed by atoms with van der Waals surface area (Å²) >= 11 is 0. The van der Waals surface area contributed by atoms with Crippen molar-refractivity contribution in [2.75, 3.05) is 0 Å². The molecule has 0 saturated heterocycles. The number of Topliss-reactive ketones (excluding diaryl/α,β-unsaturated/α-hetero) is 1. The number of hydrogen-bond donors (Lipinski definition) is 2. The van der Waals surface area contributed by atoms with Crippen LogP contribution < -0.4 is 0 Å². The fourth-order valence-corrected chi connectivity index (χ4v) is 3.02. The predicted octanol–water partition coefficient (Wildman–Crippen LogP) is 2.10. The molecule has 5 nitrogen and oxygen atoms in total. The maximum absolute atomic E-state index is 12.7. The van der Waals surface area contributed by atoms with E-state index in [9.17, 15) is 37.8 Å². The standard InChI is InChI=1S/C12H15F3O5/c1-9(2)10(3,7(17)18)4-5-11(9,8(19)20)6(16)12(13,14)15/h4-5H2,1-3H3,(H,17,18)(H,19,20). The minimum atomic E-state index is -5.33. The molecule has 0 heterocycles. The van der Waals surface area contributed by atoms with E-state index in [-0.39, 0.29) is 6.42 Å². The van der Waals surface area contributed by atoms with Gasteiger partial charge >= 0.3 is 18.1 Å². The van der Waals surface area contributed by atoms with E-state index < -0.39 is 46.6 Å². The maximum Gasteiger partial charge on any atom is 0.451 e. The molecule has 0 aromatic heterocycles. The first-order chi connectivity index (χ1) is 8.75. The number of hydrogen-bond acceptors (Lipinski definition) is 3. The van der Waals surface area contributed by atoms with Gasteiger partial charge in [0.2, 0.25) is 0 Å². The Labute approximate surface area is 112 Å². The Kier molecular flexibility index (Phi) is 3.45. The highest BCUT2D eigenvalue weighted by Gasteiger charge is 2.74. The molecule has 2 N–H and O–H groups in total. The average Bonchev–Trinajstić information content (AvgIpc) is 2.47. The molecule has 0 spiro atoms. The van der Waals surface area contributed by atoms with Crippen LogP contribution in [0.1, 0.15) is 33.6 Å². The van der Waals surface area contributed by atoms with Crippen LogP contribution in [-0.2, 0) is 14.4 Å². The fourth-order valence-electron chi connectivity index (χ4n) is 3.02. The molecule has 1 rings (SSSR count). The van der Waals surface area contributed by atoms with Gasteiger partial charge in [-0.05, 0) is 19.8 Å². The third kappa shape index (κ3) is 1.73. The quantitative estimate of drug-likeness (QED) is 0.778. The van der Waals surface area contributed by atoms with Crippen LogP contribution in [0.5, 0.6) is 0 Å². The lowest BCUT2D eigenvalue weighted by molar-refractivity contribution is -0.198. The van der Waals surface area contributed by atoms with Gasteiger partial charge in [-0.25, -0.2) is 0 Å². The van der Waals surface area contributed by atoms with Crippen LogP contribution in [-0.4, -0.2) is 34.1 Å². The molecule has 20 heavy (non-hydrogen) atoms. The Balaban J connectivity index is 3.57. The van der Waals surface area contributed by atoms with Crippen molar-refractivity contribution >= 4 is 17.7 Å². The molecule has 1 fully saturated rings. The maximum atomic E-state index is 12.7. The third-order valence-corrected chi connectivity index (χ3v) is 4.93. The summed E-state index contributed by atoms with van der Waals surface area (Å²) in [5.74, 6) is -5.75. The van der Waals surface area contributed by atoms with Crippen molar-refractivity contribution in [2.45, 2.75) is 39.8 Å². The van der Waals surface area contributed by atoms with E-state index in [2.05, 4.69) is 0 Å². The highest BCUT2D eigenvalue weighted by molar-refractivity contribution is 6.08. The zero-order valence-corrected chi connectivity index (χ0v) is 11.2. The molecule has 2 atom stereocenters. The van der Waals surface area contributed by atoms with Crippen molar-refractivity contribution in [2.24, 2.45) is 16.2 Å². The Hall–Kier alpha value is -1.60. The molecule has 0 aliphatic heterocycles. The van der Waals surface area contributed by atoms with Crippen molar-refractivity contribution in [3.05, 3.63) is 0 Å². The molecule has 8 heteroatoms. The molecule has 0 radical (unpaired) electrons. The number of aliphatic carboxylic acids is 2. The van der Waals surface area contributed by atoms with Crippen LogP contribution in [0.2, 0.25) is 0 Å². The summed E-state index contributed by atoms with van der Waals surface area (Å²) in [4.78, 5) is 34.4. The number of carbonyl (C=O) groups excluding carboxylic acids is 1. The van der Waals surface area contributed by atoms with Crippen LogP contribution in [0.3, 0.4) is 0 Å². The number of carboxylic acids is 2. The van der Waals surface area contributed by atoms with Crippen molar-refractivity contribution in [3.8, 4) is 0 Å². The van der Waals surface area contributed by atoms with Crippen molar-refractivity contribution in [3.63, 3.8) is 0 Å². The van der Waals surface area contributed by atoms with Gasteiger partial charge in [-0.2, -0.15) is 13.2 Å². The fraction of sp³-hybridized carbons (Fsp3) is 0.750. The molecule has 0 bridgehead atoms. The largest absolute Gasteiger partial charge is 0.481 e. The number of carboxylic acid groups (broad SMARTS) is 2. The second-order valence-corrected chi connectivity index (χ2v) is 5.80.